The summed E-state index contributed by atoms with van der Waals surface area (Å²) in [6.07, 6.45) is -3.69. The Kier molecular flexibility index (Phi) is 4.54. The van der Waals surface area contributed by atoms with Crippen molar-refractivity contribution in [1.29, 1.82) is 0 Å². The summed E-state index contributed by atoms with van der Waals surface area (Å²) in [6.45, 7) is 1.09. The van der Waals surface area contributed by atoms with Crippen LogP contribution in [0.2, 0.25) is 0 Å². The van der Waals surface area contributed by atoms with Gasteiger partial charge in [0.25, 0.3) is 0 Å². The van der Waals surface area contributed by atoms with E-state index in [1.54, 1.807) is 0 Å². The molecule has 118 valence electrons. The minimum absolute atomic E-state index is 0.188. The largest absolute Gasteiger partial charge is 0.417 e. The molecule has 0 aromatic heterocycles. The first-order valence-corrected chi connectivity index (χ1v) is 7.78. The second-order valence-corrected chi connectivity index (χ2v) is 6.49. The summed E-state index contributed by atoms with van der Waals surface area (Å²) in [4.78, 5) is -0.957. The molecule has 0 amide bonds. The lowest BCUT2D eigenvalue weighted by atomic mass is 10.1. The van der Waals surface area contributed by atoms with E-state index in [4.69, 9.17) is 0 Å². The average Bonchev–Trinajstić information content (AvgIpc) is 2.38. The quantitative estimate of drug-likeness (QED) is 0.834. The van der Waals surface area contributed by atoms with Gasteiger partial charge >= 0.3 is 6.18 Å². The SMILES string of the molecule is O=S(=O)(NC1CCCNC1)c1ccc(F)cc1C(F)(F)F. The van der Waals surface area contributed by atoms with Crippen LogP contribution in [-0.4, -0.2) is 27.5 Å². The zero-order valence-electron chi connectivity index (χ0n) is 10.9. The monoisotopic (exact) mass is 326 g/mol. The molecule has 0 spiro atoms. The maximum atomic E-state index is 13.0. The average molecular weight is 326 g/mol. The predicted octanol–water partition coefficient (Wildman–Crippen LogP) is 1.87. The molecule has 1 fully saturated rings. The van der Waals surface area contributed by atoms with Gasteiger partial charge in [0.2, 0.25) is 10.0 Å². The Morgan fingerprint density at radius 2 is 2.00 bits per heavy atom. The van der Waals surface area contributed by atoms with Crippen LogP contribution < -0.4 is 10.0 Å². The van der Waals surface area contributed by atoms with Crippen LogP contribution in [0.1, 0.15) is 18.4 Å². The van der Waals surface area contributed by atoms with E-state index < -0.39 is 38.5 Å². The highest BCUT2D eigenvalue weighted by atomic mass is 32.2. The van der Waals surface area contributed by atoms with Gasteiger partial charge in [-0.3, -0.25) is 0 Å². The van der Waals surface area contributed by atoms with Crippen LogP contribution in [0.4, 0.5) is 17.6 Å². The van der Waals surface area contributed by atoms with Gasteiger partial charge < -0.3 is 5.32 Å². The Hall–Kier alpha value is -1.19. The lowest BCUT2D eigenvalue weighted by molar-refractivity contribution is -0.140. The van der Waals surface area contributed by atoms with E-state index >= 15 is 0 Å². The van der Waals surface area contributed by atoms with Crippen molar-refractivity contribution in [2.45, 2.75) is 30.0 Å². The smallest absolute Gasteiger partial charge is 0.315 e. The molecule has 1 aromatic carbocycles. The van der Waals surface area contributed by atoms with Crippen molar-refractivity contribution in [1.82, 2.24) is 10.0 Å². The molecule has 0 bridgehead atoms. The Balaban J connectivity index is 2.35. The summed E-state index contributed by atoms with van der Waals surface area (Å²) in [5.41, 5.74) is -1.50. The number of alkyl halides is 3. The Morgan fingerprint density at radius 3 is 2.57 bits per heavy atom. The fourth-order valence-corrected chi connectivity index (χ4v) is 3.67. The molecular weight excluding hydrogens is 312 g/mol. The number of nitrogens with one attached hydrogen (secondary N) is 2. The van der Waals surface area contributed by atoms with Gasteiger partial charge in [-0.05, 0) is 37.6 Å². The van der Waals surface area contributed by atoms with Gasteiger partial charge in [0.15, 0.2) is 0 Å². The van der Waals surface area contributed by atoms with Crippen LogP contribution >= 0.6 is 0 Å². The van der Waals surface area contributed by atoms with Crippen LogP contribution in [0, 0.1) is 5.82 Å². The van der Waals surface area contributed by atoms with Crippen LogP contribution in [-0.2, 0) is 16.2 Å². The number of piperidine rings is 1. The Bertz CT molecular complexity index is 610. The van der Waals surface area contributed by atoms with Crippen molar-refractivity contribution in [3.05, 3.63) is 29.6 Å². The molecule has 2 rings (SSSR count). The normalized spacial score (nSPS) is 20.5. The first-order valence-electron chi connectivity index (χ1n) is 6.30. The summed E-state index contributed by atoms with van der Waals surface area (Å²) in [5, 5.41) is 2.95. The first kappa shape index (κ1) is 16.2. The van der Waals surface area contributed by atoms with Crippen molar-refractivity contribution in [2.24, 2.45) is 0 Å². The minimum Gasteiger partial charge on any atom is -0.315 e. The van der Waals surface area contributed by atoms with Gasteiger partial charge in [0, 0.05) is 12.6 Å². The number of hydrogen-bond acceptors (Lipinski definition) is 3. The van der Waals surface area contributed by atoms with E-state index in [0.717, 1.165) is 13.0 Å². The molecule has 1 heterocycles. The van der Waals surface area contributed by atoms with Gasteiger partial charge in [0.05, 0.1) is 10.5 Å². The van der Waals surface area contributed by atoms with Crippen LogP contribution in [0.3, 0.4) is 0 Å². The number of benzene rings is 1. The Labute approximate surface area is 119 Å². The van der Waals surface area contributed by atoms with E-state index in [-0.39, 0.29) is 6.07 Å². The maximum absolute atomic E-state index is 13.0. The standard InChI is InChI=1S/C12H14F4N2O2S/c13-8-3-4-11(10(6-8)12(14,15)16)21(19,20)18-9-2-1-5-17-7-9/h3-4,6,9,17-18H,1-2,5,7H2. The van der Waals surface area contributed by atoms with E-state index in [0.29, 0.717) is 25.1 Å². The molecule has 4 nitrogen and oxygen atoms in total. The van der Waals surface area contributed by atoms with Crippen LogP contribution in [0.25, 0.3) is 0 Å². The highest BCUT2D eigenvalue weighted by Gasteiger charge is 2.38. The molecule has 0 radical (unpaired) electrons. The van der Waals surface area contributed by atoms with Gasteiger partial charge in [-0.2, -0.15) is 13.2 Å². The predicted molar refractivity (Wildman–Crippen MR) is 67.6 cm³/mol. The molecule has 0 aliphatic carbocycles. The second kappa shape index (κ2) is 5.90. The van der Waals surface area contributed by atoms with Crippen molar-refractivity contribution >= 4 is 10.0 Å². The van der Waals surface area contributed by atoms with Crippen LogP contribution in [0.5, 0.6) is 0 Å². The van der Waals surface area contributed by atoms with Gasteiger partial charge in [-0.15, -0.1) is 0 Å². The zero-order valence-corrected chi connectivity index (χ0v) is 11.7. The lowest BCUT2D eigenvalue weighted by Gasteiger charge is -2.24. The van der Waals surface area contributed by atoms with E-state index in [1.807, 2.05) is 0 Å². The molecular formula is C12H14F4N2O2S. The molecule has 1 aromatic rings. The number of hydrogen-bond donors (Lipinski definition) is 2. The Morgan fingerprint density at radius 1 is 1.29 bits per heavy atom. The molecule has 9 heteroatoms. The van der Waals surface area contributed by atoms with E-state index in [9.17, 15) is 26.0 Å². The van der Waals surface area contributed by atoms with Crippen molar-refractivity contribution < 1.29 is 26.0 Å². The zero-order chi connectivity index (χ0) is 15.7. The third-order valence-corrected chi connectivity index (χ3v) is 4.73. The third-order valence-electron chi connectivity index (χ3n) is 3.16. The number of halogens is 4. The second-order valence-electron chi connectivity index (χ2n) is 4.80. The number of rotatable bonds is 3. The van der Waals surface area contributed by atoms with Gasteiger partial charge in [-0.25, -0.2) is 17.5 Å². The molecule has 1 aliphatic heterocycles. The highest BCUT2D eigenvalue weighted by Crippen LogP contribution is 2.34. The van der Waals surface area contributed by atoms with Gasteiger partial charge in [-0.1, -0.05) is 0 Å². The maximum Gasteiger partial charge on any atom is 0.417 e. The molecule has 0 saturated carbocycles. The number of sulfonamides is 1. The highest BCUT2D eigenvalue weighted by molar-refractivity contribution is 7.89. The van der Waals surface area contributed by atoms with E-state index in [1.165, 1.54) is 0 Å². The molecule has 21 heavy (non-hydrogen) atoms. The fraction of sp³-hybridized carbons (Fsp3) is 0.500. The molecule has 1 atom stereocenters. The fourth-order valence-electron chi connectivity index (χ4n) is 2.19. The van der Waals surface area contributed by atoms with Gasteiger partial charge in [0.1, 0.15) is 5.82 Å². The summed E-state index contributed by atoms with van der Waals surface area (Å²) in [7, 11) is -4.37. The molecule has 2 N–H and O–H groups in total. The third kappa shape index (κ3) is 3.92. The molecule has 1 saturated heterocycles. The van der Waals surface area contributed by atoms with E-state index in [2.05, 4.69) is 10.0 Å². The molecule has 1 aliphatic rings. The lowest BCUT2D eigenvalue weighted by Crippen LogP contribution is -2.45. The minimum atomic E-state index is -4.95. The van der Waals surface area contributed by atoms with Crippen molar-refractivity contribution in [3.8, 4) is 0 Å². The summed E-state index contributed by atoms with van der Waals surface area (Å²) in [5.74, 6) is -1.14. The van der Waals surface area contributed by atoms with Crippen molar-refractivity contribution in [3.63, 3.8) is 0 Å². The topological polar surface area (TPSA) is 58.2 Å². The summed E-state index contributed by atoms with van der Waals surface area (Å²) >= 11 is 0. The summed E-state index contributed by atoms with van der Waals surface area (Å²) < 4.78 is 78.1. The summed E-state index contributed by atoms with van der Waals surface area (Å²) in [6, 6.07) is 1.04. The first-order chi connectivity index (χ1) is 9.70. The molecule has 1 unspecified atom stereocenters. The van der Waals surface area contributed by atoms with Crippen LogP contribution in [0.15, 0.2) is 23.1 Å². The van der Waals surface area contributed by atoms with Crippen molar-refractivity contribution in [2.75, 3.05) is 13.1 Å².